The van der Waals surface area contributed by atoms with Gasteiger partial charge in [-0.15, -0.1) is 0 Å². The number of hydrogen-bond donors (Lipinski definition) is 3. The van der Waals surface area contributed by atoms with Gasteiger partial charge in [0.1, 0.15) is 0 Å². The van der Waals surface area contributed by atoms with Crippen LogP contribution in [0.25, 0.3) is 0 Å². The minimum atomic E-state index is 0.0873. The molecule has 0 aromatic carbocycles. The second-order valence-electron chi connectivity index (χ2n) is 3.78. The van der Waals surface area contributed by atoms with E-state index in [0.717, 1.165) is 37.8 Å². The summed E-state index contributed by atoms with van der Waals surface area (Å²) < 4.78 is 0. The van der Waals surface area contributed by atoms with Gasteiger partial charge in [0.15, 0.2) is 5.96 Å². The fourth-order valence-corrected chi connectivity index (χ4v) is 1.51. The van der Waals surface area contributed by atoms with Crippen LogP contribution in [0.2, 0.25) is 0 Å². The molecule has 0 atom stereocenters. The molecule has 18 heavy (non-hydrogen) atoms. The standard InChI is InChI=1S/C12H26N4OS/c1-4-7-14-11(17)6-8-15-12(13-5-2)16-9-10-18-3/h4-10H2,1-3H3,(H,14,17)(H2,13,15,16). The Morgan fingerprint density at radius 2 is 1.94 bits per heavy atom. The molecule has 0 saturated carbocycles. The van der Waals surface area contributed by atoms with Crippen LogP contribution < -0.4 is 16.0 Å². The monoisotopic (exact) mass is 274 g/mol. The lowest BCUT2D eigenvalue weighted by Crippen LogP contribution is -2.39. The number of amides is 1. The van der Waals surface area contributed by atoms with Crippen molar-refractivity contribution in [2.75, 3.05) is 38.2 Å². The van der Waals surface area contributed by atoms with Gasteiger partial charge < -0.3 is 16.0 Å². The Morgan fingerprint density at radius 3 is 2.56 bits per heavy atom. The predicted octanol–water partition coefficient (Wildman–Crippen LogP) is 0.821. The first-order valence-electron chi connectivity index (χ1n) is 6.52. The van der Waals surface area contributed by atoms with Crippen molar-refractivity contribution in [2.24, 2.45) is 4.99 Å². The first kappa shape index (κ1) is 17.1. The van der Waals surface area contributed by atoms with E-state index >= 15 is 0 Å². The van der Waals surface area contributed by atoms with E-state index in [1.807, 2.05) is 13.8 Å². The summed E-state index contributed by atoms with van der Waals surface area (Å²) in [6.07, 6.45) is 3.51. The quantitative estimate of drug-likeness (QED) is 0.331. The van der Waals surface area contributed by atoms with Gasteiger partial charge >= 0.3 is 0 Å². The van der Waals surface area contributed by atoms with Crippen LogP contribution in [0.15, 0.2) is 4.99 Å². The average Bonchev–Trinajstić information content (AvgIpc) is 2.36. The minimum Gasteiger partial charge on any atom is -0.357 e. The fraction of sp³-hybridized carbons (Fsp3) is 0.833. The summed E-state index contributed by atoms with van der Waals surface area (Å²) in [5, 5.41) is 9.16. The summed E-state index contributed by atoms with van der Waals surface area (Å²) in [7, 11) is 0. The van der Waals surface area contributed by atoms with Gasteiger partial charge in [-0.3, -0.25) is 9.79 Å². The summed E-state index contributed by atoms with van der Waals surface area (Å²) in [4.78, 5) is 15.8. The lowest BCUT2D eigenvalue weighted by Gasteiger charge is -2.11. The first-order chi connectivity index (χ1) is 8.74. The normalized spacial score (nSPS) is 11.2. The molecule has 0 aliphatic rings. The van der Waals surface area contributed by atoms with E-state index < -0.39 is 0 Å². The maximum atomic E-state index is 11.4. The summed E-state index contributed by atoms with van der Waals surface area (Å²) >= 11 is 1.77. The van der Waals surface area contributed by atoms with Gasteiger partial charge in [0.05, 0.1) is 6.54 Å². The van der Waals surface area contributed by atoms with Crippen LogP contribution in [0, 0.1) is 0 Å². The van der Waals surface area contributed by atoms with Crippen molar-refractivity contribution in [2.45, 2.75) is 26.7 Å². The number of rotatable bonds is 9. The smallest absolute Gasteiger partial charge is 0.221 e. The molecule has 5 nitrogen and oxygen atoms in total. The van der Waals surface area contributed by atoms with E-state index in [1.54, 1.807) is 11.8 Å². The second-order valence-corrected chi connectivity index (χ2v) is 4.77. The highest BCUT2D eigenvalue weighted by molar-refractivity contribution is 7.98. The molecule has 0 radical (unpaired) electrons. The molecule has 0 aliphatic carbocycles. The van der Waals surface area contributed by atoms with Crippen LogP contribution in [-0.2, 0) is 4.79 Å². The highest BCUT2D eigenvalue weighted by Gasteiger charge is 2.01. The van der Waals surface area contributed by atoms with E-state index in [9.17, 15) is 4.79 Å². The van der Waals surface area contributed by atoms with Gasteiger partial charge in [0, 0.05) is 31.8 Å². The van der Waals surface area contributed by atoms with Crippen molar-refractivity contribution < 1.29 is 4.79 Å². The molecular formula is C12H26N4OS. The maximum absolute atomic E-state index is 11.4. The molecule has 0 aromatic heterocycles. The molecule has 106 valence electrons. The molecule has 0 aromatic rings. The molecule has 0 unspecified atom stereocenters. The third-order valence-corrected chi connectivity index (χ3v) is 2.72. The number of carbonyl (C=O) groups excluding carboxylic acids is 1. The largest absolute Gasteiger partial charge is 0.357 e. The van der Waals surface area contributed by atoms with Gasteiger partial charge in [0.2, 0.25) is 5.91 Å². The van der Waals surface area contributed by atoms with Gasteiger partial charge in [-0.25, -0.2) is 0 Å². The van der Waals surface area contributed by atoms with Crippen molar-refractivity contribution >= 4 is 23.6 Å². The van der Waals surface area contributed by atoms with Crippen LogP contribution >= 0.6 is 11.8 Å². The van der Waals surface area contributed by atoms with Crippen molar-refractivity contribution in [3.63, 3.8) is 0 Å². The third kappa shape index (κ3) is 10.3. The van der Waals surface area contributed by atoms with Crippen LogP contribution in [0.3, 0.4) is 0 Å². The number of carbonyl (C=O) groups is 1. The number of thioether (sulfide) groups is 1. The molecule has 0 fully saturated rings. The Morgan fingerprint density at radius 1 is 1.17 bits per heavy atom. The second kappa shape index (κ2) is 12.5. The fourth-order valence-electron chi connectivity index (χ4n) is 1.24. The zero-order valence-electron chi connectivity index (χ0n) is 11.7. The van der Waals surface area contributed by atoms with Crippen molar-refractivity contribution in [3.8, 4) is 0 Å². The Labute approximate surface area is 115 Å². The zero-order valence-corrected chi connectivity index (χ0v) is 12.5. The Kier molecular flexibility index (Phi) is 11.9. The Balaban J connectivity index is 3.81. The SMILES string of the molecule is CCCNC(=O)CCNC(=NCCSC)NCC. The molecule has 0 saturated heterocycles. The van der Waals surface area contributed by atoms with E-state index in [0.29, 0.717) is 13.0 Å². The predicted molar refractivity (Wildman–Crippen MR) is 80.3 cm³/mol. The van der Waals surface area contributed by atoms with Crippen molar-refractivity contribution in [3.05, 3.63) is 0 Å². The maximum Gasteiger partial charge on any atom is 0.221 e. The lowest BCUT2D eigenvalue weighted by atomic mass is 10.4. The number of hydrogen-bond acceptors (Lipinski definition) is 3. The lowest BCUT2D eigenvalue weighted by molar-refractivity contribution is -0.120. The molecule has 6 heteroatoms. The van der Waals surface area contributed by atoms with E-state index in [-0.39, 0.29) is 5.91 Å². The topological polar surface area (TPSA) is 65.5 Å². The van der Waals surface area contributed by atoms with Gasteiger partial charge in [-0.1, -0.05) is 6.92 Å². The first-order valence-corrected chi connectivity index (χ1v) is 7.91. The summed E-state index contributed by atoms with van der Waals surface area (Å²) in [6, 6.07) is 0. The van der Waals surface area contributed by atoms with Crippen molar-refractivity contribution in [1.82, 2.24) is 16.0 Å². The Bertz CT molecular complexity index is 246. The molecule has 0 rings (SSSR count). The zero-order chi connectivity index (χ0) is 13.6. The minimum absolute atomic E-state index is 0.0873. The van der Waals surface area contributed by atoms with Gasteiger partial charge in [-0.2, -0.15) is 11.8 Å². The number of nitrogens with one attached hydrogen (secondary N) is 3. The molecule has 0 spiro atoms. The Hall–Kier alpha value is -0.910. The van der Waals surface area contributed by atoms with Crippen LogP contribution in [0.5, 0.6) is 0 Å². The summed E-state index contributed by atoms with van der Waals surface area (Å²) in [5.74, 6) is 1.88. The van der Waals surface area contributed by atoms with Crippen LogP contribution in [-0.4, -0.2) is 50.1 Å². The van der Waals surface area contributed by atoms with E-state index in [1.165, 1.54) is 0 Å². The van der Waals surface area contributed by atoms with E-state index in [4.69, 9.17) is 0 Å². The average molecular weight is 274 g/mol. The summed E-state index contributed by atoms with van der Waals surface area (Å²) in [6.45, 7) is 7.05. The molecule has 0 aliphatic heterocycles. The number of aliphatic imine (C=N–C) groups is 1. The highest BCUT2D eigenvalue weighted by atomic mass is 32.2. The third-order valence-electron chi connectivity index (χ3n) is 2.13. The molecule has 0 heterocycles. The number of nitrogens with zero attached hydrogens (tertiary/aromatic N) is 1. The van der Waals surface area contributed by atoms with Crippen LogP contribution in [0.1, 0.15) is 26.7 Å². The van der Waals surface area contributed by atoms with Crippen molar-refractivity contribution in [1.29, 1.82) is 0 Å². The molecule has 0 bridgehead atoms. The van der Waals surface area contributed by atoms with Gasteiger partial charge in [0.25, 0.3) is 0 Å². The number of guanidine groups is 1. The van der Waals surface area contributed by atoms with Gasteiger partial charge in [-0.05, 0) is 19.6 Å². The summed E-state index contributed by atoms with van der Waals surface area (Å²) in [5.41, 5.74) is 0. The van der Waals surface area contributed by atoms with Crippen LogP contribution in [0.4, 0.5) is 0 Å². The molecular weight excluding hydrogens is 248 g/mol. The highest BCUT2D eigenvalue weighted by Crippen LogP contribution is 1.90. The molecule has 1 amide bonds. The van der Waals surface area contributed by atoms with E-state index in [2.05, 4.69) is 27.2 Å². The molecule has 3 N–H and O–H groups in total.